The monoisotopic (exact) mass is 517 g/mol. The second-order valence-corrected chi connectivity index (χ2v) is 9.45. The summed E-state index contributed by atoms with van der Waals surface area (Å²) in [6, 6.07) is 14.7. The number of aryl methyl sites for hydroxylation is 1. The Morgan fingerprint density at radius 1 is 1.10 bits per heavy atom. The summed E-state index contributed by atoms with van der Waals surface area (Å²) in [6.45, 7) is 2.34. The van der Waals surface area contributed by atoms with Crippen LogP contribution in [-0.4, -0.2) is 33.5 Å². The third kappa shape index (κ3) is 6.49. The number of thioether (sulfide) groups is 1. The molecule has 0 aliphatic carbocycles. The Morgan fingerprint density at radius 3 is 2.45 bits per heavy atom. The number of rotatable bonds is 6. The number of thiocarbonyl (C=S) groups is 1. The van der Waals surface area contributed by atoms with E-state index in [2.05, 4.69) is 26.8 Å². The van der Waals surface area contributed by atoms with Gasteiger partial charge < -0.3 is 0 Å². The second kappa shape index (κ2) is 10.7. The quantitative estimate of drug-likeness (QED) is 0.341. The summed E-state index contributed by atoms with van der Waals surface area (Å²) in [7, 11) is 0. The number of hydrazine groups is 1. The van der Waals surface area contributed by atoms with E-state index in [4.69, 9.17) is 12.2 Å². The minimum atomic E-state index is -0.404. The first kappa shape index (κ1) is 23.2. The lowest BCUT2D eigenvalue weighted by atomic mass is 10.1. The largest absolute Gasteiger partial charge is 0.293 e. The number of carbonyl (C=O) groups excluding carboxylic acids is 3. The number of benzene rings is 2. The lowest BCUT2D eigenvalue weighted by Crippen LogP contribution is -2.41. The van der Waals surface area contributed by atoms with Gasteiger partial charge >= 0.3 is 0 Å². The molecule has 31 heavy (non-hydrogen) atoms. The molecular formula is C22H20BrN3O3S2. The summed E-state index contributed by atoms with van der Waals surface area (Å²) in [5.41, 5.74) is 7.28. The van der Waals surface area contributed by atoms with Crippen LogP contribution < -0.4 is 10.9 Å². The van der Waals surface area contributed by atoms with Crippen molar-refractivity contribution >= 4 is 68.0 Å². The van der Waals surface area contributed by atoms with Crippen molar-refractivity contribution in [2.75, 3.05) is 6.54 Å². The molecule has 3 rings (SSSR count). The van der Waals surface area contributed by atoms with Gasteiger partial charge in [0.25, 0.3) is 11.8 Å². The molecule has 160 valence electrons. The number of nitrogens with one attached hydrogen (secondary N) is 2. The highest BCUT2D eigenvalue weighted by Crippen LogP contribution is 2.32. The lowest BCUT2D eigenvalue weighted by Gasteiger charge is -2.14. The topological polar surface area (TPSA) is 78.5 Å². The minimum absolute atomic E-state index is 0.148. The average Bonchev–Trinajstić information content (AvgIpc) is 3.01. The predicted molar refractivity (Wildman–Crippen MR) is 130 cm³/mol. The minimum Gasteiger partial charge on any atom is -0.293 e. The Kier molecular flexibility index (Phi) is 8.00. The van der Waals surface area contributed by atoms with E-state index in [9.17, 15) is 14.4 Å². The van der Waals surface area contributed by atoms with E-state index >= 15 is 0 Å². The Bertz CT molecular complexity index is 1040. The zero-order chi connectivity index (χ0) is 22.4. The van der Waals surface area contributed by atoms with Gasteiger partial charge in [-0.1, -0.05) is 69.7 Å². The molecule has 2 aromatic carbocycles. The molecule has 0 aromatic heterocycles. The molecule has 2 N–H and O–H groups in total. The van der Waals surface area contributed by atoms with Crippen LogP contribution in [0.2, 0.25) is 0 Å². The zero-order valence-electron chi connectivity index (χ0n) is 16.7. The summed E-state index contributed by atoms with van der Waals surface area (Å²) in [5.74, 6) is -0.898. The Hall–Kier alpha value is -2.49. The fourth-order valence-electron chi connectivity index (χ4n) is 2.77. The first-order valence-electron chi connectivity index (χ1n) is 9.50. The molecule has 1 aliphatic rings. The summed E-state index contributed by atoms with van der Waals surface area (Å²) in [5, 5.41) is 0. The van der Waals surface area contributed by atoms with Crippen molar-refractivity contribution in [2.24, 2.45) is 0 Å². The van der Waals surface area contributed by atoms with Crippen molar-refractivity contribution in [1.29, 1.82) is 0 Å². The van der Waals surface area contributed by atoms with Crippen LogP contribution in [0.25, 0.3) is 6.08 Å². The Morgan fingerprint density at radius 2 is 1.77 bits per heavy atom. The van der Waals surface area contributed by atoms with Gasteiger partial charge in [0.1, 0.15) is 4.32 Å². The third-order valence-corrected chi connectivity index (χ3v) is 6.36. The van der Waals surface area contributed by atoms with E-state index in [0.717, 1.165) is 15.6 Å². The van der Waals surface area contributed by atoms with Crippen LogP contribution in [-0.2, 0) is 9.59 Å². The number of hydrogen-bond acceptors (Lipinski definition) is 5. The zero-order valence-corrected chi connectivity index (χ0v) is 19.9. The molecule has 0 atom stereocenters. The fraction of sp³-hybridized carbons (Fsp3) is 0.182. The first-order chi connectivity index (χ1) is 14.8. The molecule has 9 heteroatoms. The van der Waals surface area contributed by atoms with Gasteiger partial charge in [0.2, 0.25) is 5.91 Å². The van der Waals surface area contributed by atoms with E-state index in [1.807, 2.05) is 37.3 Å². The van der Waals surface area contributed by atoms with Gasteiger partial charge in [-0.2, -0.15) is 0 Å². The average molecular weight is 518 g/mol. The van der Waals surface area contributed by atoms with E-state index in [-0.39, 0.29) is 18.2 Å². The molecule has 0 radical (unpaired) electrons. The molecule has 0 saturated carbocycles. The lowest BCUT2D eigenvalue weighted by molar-refractivity contribution is -0.124. The van der Waals surface area contributed by atoms with E-state index < -0.39 is 5.91 Å². The normalized spacial score (nSPS) is 14.8. The van der Waals surface area contributed by atoms with Crippen molar-refractivity contribution in [3.05, 3.63) is 74.6 Å². The molecular weight excluding hydrogens is 498 g/mol. The van der Waals surface area contributed by atoms with Crippen LogP contribution in [0.5, 0.6) is 0 Å². The number of amides is 3. The van der Waals surface area contributed by atoms with Gasteiger partial charge in [-0.3, -0.25) is 30.1 Å². The second-order valence-electron chi connectivity index (χ2n) is 6.86. The van der Waals surface area contributed by atoms with Crippen LogP contribution in [0.1, 0.15) is 34.3 Å². The van der Waals surface area contributed by atoms with Crippen molar-refractivity contribution in [1.82, 2.24) is 15.8 Å². The number of nitrogens with zero attached hydrogens (tertiary/aromatic N) is 1. The molecule has 0 unspecified atom stereocenters. The standard InChI is InChI=1S/C22H20BrN3O3S2/c1-14-4-6-15(7-5-14)13-18-21(29)26(22(30)31-18)12-2-3-19(27)24-25-20(28)16-8-10-17(23)11-9-16/h4-11,13H,2-3,12H2,1H3,(H,24,27)(H,25,28)/b18-13-. The highest BCUT2D eigenvalue weighted by Gasteiger charge is 2.31. The summed E-state index contributed by atoms with van der Waals surface area (Å²) < 4.78 is 1.34. The summed E-state index contributed by atoms with van der Waals surface area (Å²) in [4.78, 5) is 38.8. The predicted octanol–water partition coefficient (Wildman–Crippen LogP) is 4.20. The highest BCUT2D eigenvalue weighted by molar-refractivity contribution is 9.10. The van der Waals surface area contributed by atoms with Gasteiger partial charge in [0, 0.05) is 23.0 Å². The van der Waals surface area contributed by atoms with E-state index in [1.54, 1.807) is 24.3 Å². The molecule has 1 fully saturated rings. The number of hydrogen-bond donors (Lipinski definition) is 2. The van der Waals surface area contributed by atoms with Gasteiger partial charge in [-0.25, -0.2) is 0 Å². The SMILES string of the molecule is Cc1ccc(/C=C2\SC(=S)N(CCCC(=O)NNC(=O)c3ccc(Br)cc3)C2=O)cc1. The maximum atomic E-state index is 12.6. The summed E-state index contributed by atoms with van der Waals surface area (Å²) >= 11 is 9.89. The van der Waals surface area contributed by atoms with Gasteiger partial charge in [0.05, 0.1) is 4.91 Å². The number of carbonyl (C=O) groups is 3. The van der Waals surface area contributed by atoms with Crippen molar-refractivity contribution in [3.63, 3.8) is 0 Å². The van der Waals surface area contributed by atoms with Crippen LogP contribution >= 0.6 is 39.9 Å². The Balaban J connectivity index is 1.45. The third-order valence-electron chi connectivity index (χ3n) is 4.46. The first-order valence-corrected chi connectivity index (χ1v) is 11.5. The van der Waals surface area contributed by atoms with Gasteiger partial charge in [0.15, 0.2) is 0 Å². The van der Waals surface area contributed by atoms with E-state index in [1.165, 1.54) is 16.7 Å². The summed E-state index contributed by atoms with van der Waals surface area (Å²) in [6.07, 6.45) is 2.39. The molecule has 1 aliphatic heterocycles. The molecule has 2 aromatic rings. The maximum absolute atomic E-state index is 12.6. The maximum Gasteiger partial charge on any atom is 0.269 e. The van der Waals surface area contributed by atoms with Crippen LogP contribution in [0.4, 0.5) is 0 Å². The highest BCUT2D eigenvalue weighted by atomic mass is 79.9. The van der Waals surface area contributed by atoms with Crippen molar-refractivity contribution in [2.45, 2.75) is 19.8 Å². The molecule has 3 amide bonds. The van der Waals surface area contributed by atoms with E-state index in [0.29, 0.717) is 27.8 Å². The smallest absolute Gasteiger partial charge is 0.269 e. The van der Waals surface area contributed by atoms with Crippen molar-refractivity contribution in [3.8, 4) is 0 Å². The molecule has 6 nitrogen and oxygen atoms in total. The van der Waals surface area contributed by atoms with Crippen LogP contribution in [0, 0.1) is 6.92 Å². The molecule has 1 saturated heterocycles. The molecule has 0 spiro atoms. The molecule has 0 bridgehead atoms. The van der Waals surface area contributed by atoms with Gasteiger partial charge in [-0.05, 0) is 49.2 Å². The fourth-order valence-corrected chi connectivity index (χ4v) is 4.34. The van der Waals surface area contributed by atoms with Crippen molar-refractivity contribution < 1.29 is 14.4 Å². The number of halogens is 1. The van der Waals surface area contributed by atoms with Gasteiger partial charge in [-0.15, -0.1) is 0 Å². The van der Waals surface area contributed by atoms with Crippen LogP contribution in [0.3, 0.4) is 0 Å². The van der Waals surface area contributed by atoms with Crippen LogP contribution in [0.15, 0.2) is 57.9 Å². The Labute approximate surface area is 198 Å². The molecule has 1 heterocycles.